The molecule has 2 aromatic carbocycles. The third-order valence-corrected chi connectivity index (χ3v) is 5.71. The van der Waals surface area contributed by atoms with Crippen LogP contribution < -0.4 is 5.32 Å². The van der Waals surface area contributed by atoms with Gasteiger partial charge < -0.3 is 15.3 Å². The molecule has 0 aliphatic carbocycles. The zero-order valence-corrected chi connectivity index (χ0v) is 16.8. The van der Waals surface area contributed by atoms with Gasteiger partial charge in [-0.05, 0) is 49.7 Å². The first-order chi connectivity index (χ1) is 14.1. The topological polar surface area (TPSA) is 69.6 Å². The van der Waals surface area contributed by atoms with Crippen molar-refractivity contribution in [2.45, 2.75) is 44.6 Å². The largest absolute Gasteiger partial charge is 0.481 e. The predicted octanol–water partition coefficient (Wildman–Crippen LogP) is 4.13. The molecule has 2 amide bonds. The molecule has 0 aromatic heterocycles. The highest BCUT2D eigenvalue weighted by Gasteiger charge is 2.27. The van der Waals surface area contributed by atoms with E-state index in [-0.39, 0.29) is 18.0 Å². The van der Waals surface area contributed by atoms with Crippen molar-refractivity contribution in [1.82, 2.24) is 10.2 Å². The summed E-state index contributed by atoms with van der Waals surface area (Å²) in [5.74, 6) is -1.08. The van der Waals surface area contributed by atoms with Crippen LogP contribution in [-0.2, 0) is 17.6 Å². The van der Waals surface area contributed by atoms with Gasteiger partial charge in [0.25, 0.3) is 0 Å². The van der Waals surface area contributed by atoms with E-state index in [0.29, 0.717) is 25.9 Å². The molecule has 2 N–H and O–H groups in total. The average molecular weight is 395 g/mol. The smallest absolute Gasteiger partial charge is 0.317 e. The Morgan fingerprint density at radius 1 is 0.897 bits per heavy atom. The fourth-order valence-corrected chi connectivity index (χ4v) is 3.86. The Morgan fingerprint density at radius 2 is 1.38 bits per heavy atom. The van der Waals surface area contributed by atoms with Gasteiger partial charge in [-0.15, -0.1) is 0 Å². The van der Waals surface area contributed by atoms with Crippen LogP contribution in [0, 0.1) is 5.92 Å². The first-order valence-corrected chi connectivity index (χ1v) is 10.5. The van der Waals surface area contributed by atoms with E-state index in [1.54, 1.807) is 4.90 Å². The number of piperidine rings is 1. The summed E-state index contributed by atoms with van der Waals surface area (Å²) in [5.41, 5.74) is 2.54. The van der Waals surface area contributed by atoms with Crippen LogP contribution in [0.4, 0.5) is 4.79 Å². The van der Waals surface area contributed by atoms with Gasteiger partial charge in [-0.1, -0.05) is 60.7 Å². The summed E-state index contributed by atoms with van der Waals surface area (Å²) in [4.78, 5) is 25.7. The second kappa shape index (κ2) is 10.6. The summed E-state index contributed by atoms with van der Waals surface area (Å²) < 4.78 is 0. The molecule has 1 saturated heterocycles. The molecule has 0 atom stereocenters. The number of hydrogen-bond acceptors (Lipinski definition) is 2. The van der Waals surface area contributed by atoms with Crippen molar-refractivity contribution in [3.8, 4) is 0 Å². The maximum absolute atomic E-state index is 12.8. The number of aliphatic carboxylic acids is 1. The summed E-state index contributed by atoms with van der Waals surface area (Å²) >= 11 is 0. The standard InChI is InChI=1S/C24H30N2O3/c27-23(28)21-15-17-26(18-16-21)24(29)25-22(13-11-19-7-3-1-4-8-19)14-12-20-9-5-2-6-10-20/h1-10,21-22H,11-18H2,(H,25,29)(H,27,28). The second-order valence-corrected chi connectivity index (χ2v) is 7.79. The molecule has 1 heterocycles. The van der Waals surface area contributed by atoms with Crippen LogP contribution in [-0.4, -0.2) is 41.1 Å². The SMILES string of the molecule is O=C(O)C1CCN(C(=O)NC(CCc2ccccc2)CCc2ccccc2)CC1. The Hall–Kier alpha value is -2.82. The summed E-state index contributed by atoms with van der Waals surface area (Å²) in [6.07, 6.45) is 4.66. The van der Waals surface area contributed by atoms with Crippen LogP contribution in [0.15, 0.2) is 60.7 Å². The highest BCUT2D eigenvalue weighted by molar-refractivity contribution is 5.75. The third-order valence-electron chi connectivity index (χ3n) is 5.71. The van der Waals surface area contributed by atoms with E-state index in [1.165, 1.54) is 11.1 Å². The van der Waals surface area contributed by atoms with Crippen LogP contribution in [0.5, 0.6) is 0 Å². The predicted molar refractivity (Wildman–Crippen MR) is 114 cm³/mol. The molecule has 5 nitrogen and oxygen atoms in total. The lowest BCUT2D eigenvalue weighted by molar-refractivity contribution is -0.143. The summed E-state index contributed by atoms with van der Waals surface area (Å²) in [7, 11) is 0. The minimum Gasteiger partial charge on any atom is -0.481 e. The summed E-state index contributed by atoms with van der Waals surface area (Å²) in [6.45, 7) is 1.01. The van der Waals surface area contributed by atoms with E-state index in [9.17, 15) is 9.59 Å². The maximum atomic E-state index is 12.8. The van der Waals surface area contributed by atoms with Gasteiger partial charge in [0, 0.05) is 19.1 Å². The van der Waals surface area contributed by atoms with Gasteiger partial charge in [-0.3, -0.25) is 4.79 Å². The fraction of sp³-hybridized carbons (Fsp3) is 0.417. The molecule has 0 unspecified atom stereocenters. The average Bonchev–Trinajstić information content (AvgIpc) is 2.77. The number of likely N-dealkylation sites (tertiary alicyclic amines) is 1. The molecule has 2 aromatic rings. The lowest BCUT2D eigenvalue weighted by atomic mass is 9.97. The van der Waals surface area contributed by atoms with Gasteiger partial charge in [0.2, 0.25) is 0 Å². The molecule has 3 rings (SSSR count). The van der Waals surface area contributed by atoms with E-state index in [4.69, 9.17) is 5.11 Å². The van der Waals surface area contributed by atoms with E-state index in [0.717, 1.165) is 25.7 Å². The van der Waals surface area contributed by atoms with Gasteiger partial charge >= 0.3 is 12.0 Å². The minimum absolute atomic E-state index is 0.0695. The van der Waals surface area contributed by atoms with E-state index in [1.807, 2.05) is 36.4 Å². The van der Waals surface area contributed by atoms with Crippen LogP contribution >= 0.6 is 0 Å². The first-order valence-electron chi connectivity index (χ1n) is 10.5. The highest BCUT2D eigenvalue weighted by Crippen LogP contribution is 2.18. The number of rotatable bonds is 8. The Bertz CT molecular complexity index is 728. The number of amides is 2. The van der Waals surface area contributed by atoms with Crippen LogP contribution in [0.3, 0.4) is 0 Å². The number of urea groups is 1. The molecule has 5 heteroatoms. The number of carboxylic acid groups (broad SMARTS) is 1. The Morgan fingerprint density at radius 3 is 1.83 bits per heavy atom. The molecule has 1 aliphatic heterocycles. The third kappa shape index (κ3) is 6.63. The molecular weight excluding hydrogens is 364 g/mol. The number of carboxylic acids is 1. The second-order valence-electron chi connectivity index (χ2n) is 7.79. The van der Waals surface area contributed by atoms with Crippen molar-refractivity contribution in [2.75, 3.05) is 13.1 Å². The molecule has 1 aliphatic rings. The quantitative estimate of drug-likeness (QED) is 0.707. The van der Waals surface area contributed by atoms with Gasteiger partial charge in [0.15, 0.2) is 0 Å². The van der Waals surface area contributed by atoms with Gasteiger partial charge in [-0.2, -0.15) is 0 Å². The van der Waals surface area contributed by atoms with Crippen molar-refractivity contribution in [2.24, 2.45) is 5.92 Å². The van der Waals surface area contributed by atoms with E-state index < -0.39 is 5.97 Å². The van der Waals surface area contributed by atoms with E-state index >= 15 is 0 Å². The Kier molecular flexibility index (Phi) is 7.68. The number of carbonyl (C=O) groups excluding carboxylic acids is 1. The van der Waals surface area contributed by atoms with Gasteiger partial charge in [0.05, 0.1) is 5.92 Å². The van der Waals surface area contributed by atoms with Crippen LogP contribution in [0.25, 0.3) is 0 Å². The summed E-state index contributed by atoms with van der Waals surface area (Å²) in [6, 6.07) is 20.7. The van der Waals surface area contributed by atoms with Crippen molar-refractivity contribution < 1.29 is 14.7 Å². The number of hydrogen-bond donors (Lipinski definition) is 2. The normalized spacial score (nSPS) is 14.7. The van der Waals surface area contributed by atoms with Crippen molar-refractivity contribution in [3.05, 3.63) is 71.8 Å². The van der Waals surface area contributed by atoms with Gasteiger partial charge in [-0.25, -0.2) is 4.79 Å². The molecule has 0 radical (unpaired) electrons. The maximum Gasteiger partial charge on any atom is 0.317 e. The number of benzene rings is 2. The number of nitrogens with one attached hydrogen (secondary N) is 1. The molecule has 154 valence electrons. The van der Waals surface area contributed by atoms with Crippen LogP contribution in [0.1, 0.15) is 36.8 Å². The fourth-order valence-electron chi connectivity index (χ4n) is 3.86. The van der Waals surface area contributed by atoms with Crippen molar-refractivity contribution >= 4 is 12.0 Å². The molecular formula is C24H30N2O3. The highest BCUT2D eigenvalue weighted by atomic mass is 16.4. The Balaban J connectivity index is 1.56. The molecule has 0 saturated carbocycles. The molecule has 1 fully saturated rings. The van der Waals surface area contributed by atoms with E-state index in [2.05, 4.69) is 29.6 Å². The lowest BCUT2D eigenvalue weighted by Crippen LogP contribution is -2.48. The lowest BCUT2D eigenvalue weighted by Gasteiger charge is -2.32. The van der Waals surface area contributed by atoms with Gasteiger partial charge in [0.1, 0.15) is 0 Å². The number of aryl methyl sites for hydroxylation is 2. The molecule has 0 bridgehead atoms. The first kappa shape index (κ1) is 20.9. The zero-order chi connectivity index (χ0) is 20.5. The van der Waals surface area contributed by atoms with Crippen molar-refractivity contribution in [1.29, 1.82) is 0 Å². The van der Waals surface area contributed by atoms with Crippen molar-refractivity contribution in [3.63, 3.8) is 0 Å². The monoisotopic (exact) mass is 394 g/mol. The Labute approximate surface area is 172 Å². The molecule has 29 heavy (non-hydrogen) atoms. The number of carbonyl (C=O) groups is 2. The minimum atomic E-state index is -0.756. The van der Waals surface area contributed by atoms with Crippen LogP contribution in [0.2, 0.25) is 0 Å². The summed E-state index contributed by atoms with van der Waals surface area (Å²) in [5, 5.41) is 12.4. The molecule has 0 spiro atoms. The zero-order valence-electron chi connectivity index (χ0n) is 16.8. The number of nitrogens with zero attached hydrogens (tertiary/aromatic N) is 1.